The number of thioether (sulfide) groups is 1. The van der Waals surface area contributed by atoms with Crippen LogP contribution < -0.4 is 10.1 Å². The fourth-order valence-electron chi connectivity index (χ4n) is 2.19. The van der Waals surface area contributed by atoms with E-state index in [2.05, 4.69) is 10.3 Å². The largest absolute Gasteiger partial charge is 0.496 e. The third kappa shape index (κ3) is 4.67. The number of aryl methyl sites for hydroxylation is 1. The second kappa shape index (κ2) is 7.61. The Bertz CT molecular complexity index is 703. The van der Waals surface area contributed by atoms with E-state index >= 15 is 0 Å². The van der Waals surface area contributed by atoms with E-state index in [1.165, 1.54) is 7.11 Å². The van der Waals surface area contributed by atoms with E-state index < -0.39 is 23.2 Å². The van der Waals surface area contributed by atoms with Crippen molar-refractivity contribution in [1.82, 2.24) is 14.9 Å². The van der Waals surface area contributed by atoms with Crippen molar-refractivity contribution in [3.63, 3.8) is 0 Å². The molecule has 1 heterocycles. The van der Waals surface area contributed by atoms with Crippen molar-refractivity contribution in [2.45, 2.75) is 11.6 Å². The van der Waals surface area contributed by atoms with Gasteiger partial charge >= 0.3 is 5.51 Å². The van der Waals surface area contributed by atoms with Gasteiger partial charge in [-0.3, -0.25) is 4.79 Å². The quantitative estimate of drug-likeness (QED) is 0.862. The first kappa shape index (κ1) is 18.2. The minimum atomic E-state index is -4.46. The average molecular weight is 359 g/mol. The van der Waals surface area contributed by atoms with Gasteiger partial charge in [-0.25, -0.2) is 4.98 Å². The van der Waals surface area contributed by atoms with Gasteiger partial charge in [-0.15, -0.1) is 0 Å². The zero-order valence-electron chi connectivity index (χ0n) is 13.0. The van der Waals surface area contributed by atoms with Crippen LogP contribution in [0.1, 0.15) is 17.4 Å². The maximum atomic E-state index is 12.3. The average Bonchev–Trinajstić information content (AvgIpc) is 2.96. The molecule has 1 aromatic heterocycles. The number of hydrogen-bond donors (Lipinski definition) is 1. The Hall–Kier alpha value is -2.16. The van der Waals surface area contributed by atoms with E-state index in [1.807, 2.05) is 0 Å². The molecule has 1 aromatic carbocycles. The lowest BCUT2D eigenvalue weighted by atomic mass is 10.0. The molecule has 0 aliphatic heterocycles. The molecule has 2 aromatic rings. The van der Waals surface area contributed by atoms with Crippen molar-refractivity contribution in [1.29, 1.82) is 0 Å². The lowest BCUT2D eigenvalue weighted by Gasteiger charge is -2.21. The van der Waals surface area contributed by atoms with E-state index in [0.29, 0.717) is 17.1 Å². The molecule has 24 heavy (non-hydrogen) atoms. The highest BCUT2D eigenvalue weighted by Crippen LogP contribution is 2.31. The summed E-state index contributed by atoms with van der Waals surface area (Å²) in [6.45, 7) is 0. The molecule has 0 spiro atoms. The molecular formula is C15H16F3N3O2S. The molecule has 1 atom stereocenters. The molecule has 0 saturated heterocycles. The van der Waals surface area contributed by atoms with Crippen molar-refractivity contribution in [3.8, 4) is 5.75 Å². The topological polar surface area (TPSA) is 56.1 Å². The van der Waals surface area contributed by atoms with Gasteiger partial charge in [-0.05, 0) is 17.8 Å². The molecule has 5 nitrogen and oxygen atoms in total. The highest BCUT2D eigenvalue weighted by Gasteiger charge is 2.30. The lowest BCUT2D eigenvalue weighted by Crippen LogP contribution is -2.33. The second-order valence-electron chi connectivity index (χ2n) is 4.87. The van der Waals surface area contributed by atoms with Gasteiger partial charge in [0, 0.05) is 25.0 Å². The van der Waals surface area contributed by atoms with Gasteiger partial charge in [0.15, 0.2) is 0 Å². The molecule has 0 radical (unpaired) electrons. The van der Waals surface area contributed by atoms with Crippen LogP contribution in [0, 0.1) is 0 Å². The molecule has 130 valence electrons. The smallest absolute Gasteiger partial charge is 0.442 e. The summed E-state index contributed by atoms with van der Waals surface area (Å²) in [5, 5.41) is 2.60. The third-order valence-corrected chi connectivity index (χ3v) is 3.97. The summed E-state index contributed by atoms with van der Waals surface area (Å²) < 4.78 is 43.8. The molecule has 2 rings (SSSR count). The Morgan fingerprint density at radius 2 is 2.12 bits per heavy atom. The lowest BCUT2D eigenvalue weighted by molar-refractivity contribution is -0.119. The predicted octanol–water partition coefficient (Wildman–Crippen LogP) is 2.89. The summed E-state index contributed by atoms with van der Waals surface area (Å²) in [5.74, 6) is -0.463. The molecule has 1 N–H and O–H groups in total. The normalized spacial score (nSPS) is 12.7. The number of carbonyl (C=O) groups is 1. The van der Waals surface area contributed by atoms with Crippen LogP contribution in [0.2, 0.25) is 0 Å². The van der Waals surface area contributed by atoms with E-state index in [4.69, 9.17) is 4.74 Å². The monoisotopic (exact) mass is 359 g/mol. The molecule has 0 saturated carbocycles. The number of ether oxygens (including phenoxy) is 1. The summed E-state index contributed by atoms with van der Waals surface area (Å²) in [7, 11) is 3.22. The van der Waals surface area contributed by atoms with E-state index in [1.54, 1.807) is 48.3 Å². The number of methoxy groups -OCH3 is 1. The fourth-order valence-corrected chi connectivity index (χ4v) is 2.57. The molecule has 1 unspecified atom stereocenters. The number of hydrogen-bond acceptors (Lipinski definition) is 4. The maximum Gasteiger partial charge on any atom is 0.442 e. The fraction of sp³-hybridized carbons (Fsp3) is 0.333. The van der Waals surface area contributed by atoms with E-state index in [0.717, 1.165) is 0 Å². The summed E-state index contributed by atoms with van der Waals surface area (Å²) in [6.07, 6.45) is 3.24. The van der Waals surface area contributed by atoms with Gasteiger partial charge in [-0.2, -0.15) is 13.2 Å². The molecule has 1 amide bonds. The van der Waals surface area contributed by atoms with Crippen LogP contribution in [0.5, 0.6) is 5.75 Å². The molecule has 0 fully saturated rings. The third-order valence-electron chi connectivity index (χ3n) is 3.24. The molecule has 0 aliphatic rings. The van der Waals surface area contributed by atoms with Crippen molar-refractivity contribution < 1.29 is 22.7 Å². The highest BCUT2D eigenvalue weighted by molar-refractivity contribution is 8.00. The summed E-state index contributed by atoms with van der Waals surface area (Å²) in [6, 6.07) is 6.24. The van der Waals surface area contributed by atoms with Gasteiger partial charge in [-0.1, -0.05) is 18.2 Å². The van der Waals surface area contributed by atoms with Crippen LogP contribution in [0.3, 0.4) is 0 Å². The van der Waals surface area contributed by atoms with Gasteiger partial charge in [0.1, 0.15) is 17.6 Å². The van der Waals surface area contributed by atoms with Crippen molar-refractivity contribution in [2.24, 2.45) is 7.05 Å². The Balaban J connectivity index is 2.28. The Morgan fingerprint density at radius 1 is 1.42 bits per heavy atom. The highest BCUT2D eigenvalue weighted by atomic mass is 32.2. The number of nitrogens with one attached hydrogen (secondary N) is 1. The van der Waals surface area contributed by atoms with Crippen LogP contribution in [-0.2, 0) is 11.8 Å². The van der Waals surface area contributed by atoms with Crippen LogP contribution in [0.25, 0.3) is 0 Å². The maximum absolute atomic E-state index is 12.3. The first-order valence-corrected chi connectivity index (χ1v) is 7.90. The Kier molecular flexibility index (Phi) is 5.76. The Labute approximate surface area is 141 Å². The number of alkyl halides is 3. The van der Waals surface area contributed by atoms with Crippen LogP contribution in [0.4, 0.5) is 13.2 Å². The van der Waals surface area contributed by atoms with Gasteiger partial charge in [0.05, 0.1) is 12.9 Å². The number of rotatable bonds is 6. The van der Waals surface area contributed by atoms with Crippen molar-refractivity contribution in [3.05, 3.63) is 48.0 Å². The molecule has 9 heteroatoms. The number of halogens is 3. The van der Waals surface area contributed by atoms with E-state index in [-0.39, 0.29) is 11.8 Å². The number of para-hydroxylation sites is 1. The summed E-state index contributed by atoms with van der Waals surface area (Å²) in [5.41, 5.74) is -3.85. The van der Waals surface area contributed by atoms with Gasteiger partial charge in [0.25, 0.3) is 0 Å². The van der Waals surface area contributed by atoms with Crippen LogP contribution in [-0.4, -0.2) is 33.8 Å². The number of carbonyl (C=O) groups excluding carboxylic acids is 1. The zero-order chi connectivity index (χ0) is 17.7. The van der Waals surface area contributed by atoms with Crippen LogP contribution >= 0.6 is 11.8 Å². The van der Waals surface area contributed by atoms with Crippen molar-refractivity contribution >= 4 is 17.7 Å². The van der Waals surface area contributed by atoms with Crippen LogP contribution in [0.15, 0.2) is 36.7 Å². The molecular weight excluding hydrogens is 343 g/mol. The number of aromatic nitrogens is 2. The zero-order valence-corrected chi connectivity index (χ0v) is 13.8. The first-order chi connectivity index (χ1) is 11.3. The minimum Gasteiger partial charge on any atom is -0.496 e. The first-order valence-electron chi connectivity index (χ1n) is 6.92. The SMILES string of the molecule is COc1ccccc1C(NC(=O)CSC(F)(F)F)c1nccn1C. The van der Waals surface area contributed by atoms with Gasteiger partial charge in [0.2, 0.25) is 5.91 Å². The van der Waals surface area contributed by atoms with E-state index in [9.17, 15) is 18.0 Å². The summed E-state index contributed by atoms with van der Waals surface area (Å²) in [4.78, 5) is 16.2. The second-order valence-corrected chi connectivity index (χ2v) is 5.91. The van der Waals surface area contributed by atoms with Crippen molar-refractivity contribution in [2.75, 3.05) is 12.9 Å². The predicted molar refractivity (Wildman–Crippen MR) is 84.7 cm³/mol. The number of amides is 1. The van der Waals surface area contributed by atoms with Gasteiger partial charge < -0.3 is 14.6 Å². The minimum absolute atomic E-state index is 0.380. The number of benzene rings is 1. The number of imidazole rings is 1. The standard InChI is InChI=1S/C15H16F3N3O2S/c1-21-8-7-19-14(21)13(10-5-3-4-6-11(10)23-2)20-12(22)9-24-15(16,17)18/h3-8,13H,9H2,1-2H3,(H,20,22). The molecule has 0 bridgehead atoms. The molecule has 0 aliphatic carbocycles. The summed E-state index contributed by atoms with van der Waals surface area (Å²) >= 11 is -0.380. The number of nitrogens with zero attached hydrogens (tertiary/aromatic N) is 2. The Morgan fingerprint density at radius 3 is 2.71 bits per heavy atom.